The Labute approximate surface area is 158 Å². The van der Waals surface area contributed by atoms with E-state index >= 15 is 0 Å². The zero-order chi connectivity index (χ0) is 18.8. The molecule has 2 heterocycles. The smallest absolute Gasteiger partial charge is 0.269 e. The molecule has 2 aromatic rings. The summed E-state index contributed by atoms with van der Waals surface area (Å²) in [4.78, 5) is 24.0. The second-order valence-electron chi connectivity index (χ2n) is 5.58. The maximum atomic E-state index is 12.1. The molecular formula is C18H13ClN2O6. The number of amides is 2. The van der Waals surface area contributed by atoms with Crippen LogP contribution in [0.4, 0.5) is 0 Å². The lowest BCUT2D eigenvalue weighted by Crippen LogP contribution is -2.40. The monoisotopic (exact) mass is 388 g/mol. The molecule has 8 nitrogen and oxygen atoms in total. The molecule has 0 saturated heterocycles. The van der Waals surface area contributed by atoms with E-state index in [0.29, 0.717) is 39.1 Å². The summed E-state index contributed by atoms with van der Waals surface area (Å²) in [7, 11) is 0. The molecule has 27 heavy (non-hydrogen) atoms. The van der Waals surface area contributed by atoms with Crippen molar-refractivity contribution < 1.29 is 28.5 Å². The lowest BCUT2D eigenvalue weighted by molar-refractivity contribution is -0.117. The summed E-state index contributed by atoms with van der Waals surface area (Å²) in [5.74, 6) is 1.04. The average Bonchev–Trinajstić information content (AvgIpc) is 3.32. The molecule has 0 spiro atoms. The zero-order valence-corrected chi connectivity index (χ0v) is 14.5. The highest BCUT2D eigenvalue weighted by atomic mass is 35.5. The second kappa shape index (κ2) is 7.08. The van der Waals surface area contributed by atoms with E-state index < -0.39 is 11.8 Å². The Bertz CT molecular complexity index is 959. The Morgan fingerprint density at radius 2 is 1.70 bits per heavy atom. The third-order valence-corrected chi connectivity index (χ3v) is 4.09. The lowest BCUT2D eigenvalue weighted by atomic mass is 10.2. The van der Waals surface area contributed by atoms with Gasteiger partial charge < -0.3 is 18.9 Å². The molecule has 0 aromatic heterocycles. The summed E-state index contributed by atoms with van der Waals surface area (Å²) in [6.45, 7) is 0.223. The van der Waals surface area contributed by atoms with E-state index in [4.69, 9.17) is 30.5 Å². The van der Waals surface area contributed by atoms with Crippen LogP contribution in [0.1, 0.15) is 15.9 Å². The molecular weight excluding hydrogens is 376 g/mol. The summed E-state index contributed by atoms with van der Waals surface area (Å²) in [5, 5.41) is 0.390. The van der Waals surface area contributed by atoms with E-state index in [0.717, 1.165) is 0 Å². The van der Waals surface area contributed by atoms with Crippen LogP contribution in [-0.4, -0.2) is 25.4 Å². The van der Waals surface area contributed by atoms with Gasteiger partial charge in [-0.15, -0.1) is 0 Å². The van der Waals surface area contributed by atoms with E-state index in [2.05, 4.69) is 10.9 Å². The lowest BCUT2D eigenvalue weighted by Gasteiger charge is -2.06. The van der Waals surface area contributed by atoms with Crippen molar-refractivity contribution in [1.82, 2.24) is 10.9 Å². The van der Waals surface area contributed by atoms with Gasteiger partial charge in [-0.05, 0) is 42.0 Å². The van der Waals surface area contributed by atoms with Crippen molar-refractivity contribution in [3.63, 3.8) is 0 Å². The summed E-state index contributed by atoms with van der Waals surface area (Å²) in [5.41, 5.74) is 5.60. The topological polar surface area (TPSA) is 95.1 Å². The third kappa shape index (κ3) is 3.61. The minimum absolute atomic E-state index is 0.106. The van der Waals surface area contributed by atoms with Gasteiger partial charge in [-0.2, -0.15) is 0 Å². The van der Waals surface area contributed by atoms with E-state index in [9.17, 15) is 9.59 Å². The van der Waals surface area contributed by atoms with E-state index in [-0.39, 0.29) is 13.6 Å². The van der Waals surface area contributed by atoms with Gasteiger partial charge in [-0.25, -0.2) is 0 Å². The van der Waals surface area contributed by atoms with Crippen molar-refractivity contribution in [1.29, 1.82) is 0 Å². The van der Waals surface area contributed by atoms with E-state index in [1.165, 1.54) is 18.2 Å². The van der Waals surface area contributed by atoms with Crippen LogP contribution in [0.25, 0.3) is 6.08 Å². The maximum absolute atomic E-state index is 12.1. The summed E-state index contributed by atoms with van der Waals surface area (Å²) >= 11 is 6.09. The number of ether oxygens (including phenoxy) is 4. The molecule has 2 aliphatic rings. The second-order valence-corrected chi connectivity index (χ2v) is 5.99. The van der Waals surface area contributed by atoms with Crippen molar-refractivity contribution in [2.45, 2.75) is 0 Å². The van der Waals surface area contributed by atoms with Gasteiger partial charge in [0, 0.05) is 11.6 Å². The van der Waals surface area contributed by atoms with Gasteiger partial charge in [0.15, 0.2) is 23.0 Å². The minimum atomic E-state index is -0.516. The molecule has 0 radical (unpaired) electrons. The quantitative estimate of drug-likeness (QED) is 0.618. The van der Waals surface area contributed by atoms with E-state index in [1.54, 1.807) is 24.3 Å². The number of carbonyl (C=O) groups is 2. The van der Waals surface area contributed by atoms with E-state index in [1.807, 2.05) is 0 Å². The fourth-order valence-electron chi connectivity index (χ4n) is 2.53. The molecule has 2 amide bonds. The fraction of sp³-hybridized carbons (Fsp3) is 0.111. The number of halogens is 1. The minimum Gasteiger partial charge on any atom is -0.454 e. The van der Waals surface area contributed by atoms with Crippen LogP contribution in [-0.2, 0) is 4.79 Å². The molecule has 0 aliphatic carbocycles. The molecule has 2 aromatic carbocycles. The van der Waals surface area contributed by atoms with Crippen molar-refractivity contribution in [3.05, 3.63) is 52.6 Å². The molecule has 2 N–H and O–H groups in total. The van der Waals surface area contributed by atoms with Crippen LogP contribution in [0.5, 0.6) is 23.0 Å². The van der Waals surface area contributed by atoms with Crippen LogP contribution < -0.4 is 29.8 Å². The first-order valence-electron chi connectivity index (χ1n) is 7.87. The molecule has 0 atom stereocenters. The van der Waals surface area contributed by atoms with Crippen LogP contribution in [0.15, 0.2) is 36.4 Å². The van der Waals surface area contributed by atoms with Crippen LogP contribution in [0.2, 0.25) is 5.02 Å². The number of rotatable bonds is 3. The number of fused-ring (bicyclic) bond motifs is 2. The van der Waals surface area contributed by atoms with Gasteiger partial charge in [-0.3, -0.25) is 20.4 Å². The van der Waals surface area contributed by atoms with Gasteiger partial charge in [0.1, 0.15) is 0 Å². The van der Waals surface area contributed by atoms with Gasteiger partial charge >= 0.3 is 0 Å². The predicted molar refractivity (Wildman–Crippen MR) is 94.8 cm³/mol. The van der Waals surface area contributed by atoms with Crippen molar-refractivity contribution in [3.8, 4) is 23.0 Å². The molecule has 0 fully saturated rings. The summed E-state index contributed by atoms with van der Waals surface area (Å²) in [6, 6.07) is 8.07. The van der Waals surface area contributed by atoms with Gasteiger partial charge in [0.05, 0.1) is 5.02 Å². The highest BCUT2D eigenvalue weighted by Crippen LogP contribution is 2.40. The first-order chi connectivity index (χ1) is 13.1. The number of nitrogens with one attached hydrogen (secondary N) is 2. The molecule has 0 bridgehead atoms. The van der Waals surface area contributed by atoms with Gasteiger partial charge in [0.25, 0.3) is 11.8 Å². The number of hydrogen-bond donors (Lipinski definition) is 2. The molecule has 4 rings (SSSR count). The highest BCUT2D eigenvalue weighted by molar-refractivity contribution is 6.32. The van der Waals surface area contributed by atoms with Gasteiger partial charge in [0.2, 0.25) is 13.6 Å². The molecule has 9 heteroatoms. The molecule has 0 unspecified atom stereocenters. The van der Waals surface area contributed by atoms with Crippen LogP contribution in [0.3, 0.4) is 0 Å². The summed E-state index contributed by atoms with van der Waals surface area (Å²) in [6.07, 6.45) is 2.80. The average molecular weight is 389 g/mol. The number of benzene rings is 2. The Kier molecular flexibility index (Phi) is 4.47. The van der Waals surface area contributed by atoms with Crippen molar-refractivity contribution in [2.75, 3.05) is 13.6 Å². The first kappa shape index (κ1) is 17.0. The van der Waals surface area contributed by atoms with Crippen molar-refractivity contribution in [2.24, 2.45) is 0 Å². The molecule has 0 saturated carbocycles. The number of carbonyl (C=O) groups excluding carboxylic acids is 2. The number of hydrazine groups is 1. The molecule has 138 valence electrons. The Hall–Kier alpha value is -3.39. The Morgan fingerprint density at radius 1 is 0.926 bits per heavy atom. The Balaban J connectivity index is 1.35. The van der Waals surface area contributed by atoms with Crippen LogP contribution in [0, 0.1) is 0 Å². The highest BCUT2D eigenvalue weighted by Gasteiger charge is 2.18. The van der Waals surface area contributed by atoms with Gasteiger partial charge in [-0.1, -0.05) is 11.6 Å². The molecule has 2 aliphatic heterocycles. The maximum Gasteiger partial charge on any atom is 0.269 e. The first-order valence-corrected chi connectivity index (χ1v) is 8.25. The predicted octanol–water partition coefficient (Wildman–Crippen LogP) is 2.27. The SMILES string of the molecule is O=C(/C=C/c1cc(Cl)c2c(c1)OCO2)NNC(=O)c1ccc2c(c1)OCO2. The summed E-state index contributed by atoms with van der Waals surface area (Å²) < 4.78 is 20.9. The number of hydrogen-bond acceptors (Lipinski definition) is 6. The third-order valence-electron chi connectivity index (χ3n) is 3.81. The largest absolute Gasteiger partial charge is 0.454 e. The normalized spacial score (nSPS) is 13.7. The standard InChI is InChI=1S/C18H13ClN2O6/c19-12-5-10(6-15-17(12)27-9-26-15)1-4-16(22)20-21-18(23)11-2-3-13-14(7-11)25-8-24-13/h1-7H,8-9H2,(H,20,22)(H,21,23)/b4-1+. The fourth-order valence-corrected chi connectivity index (χ4v) is 2.80. The van der Waals surface area contributed by atoms with Crippen molar-refractivity contribution >= 4 is 29.5 Å². The Morgan fingerprint density at radius 3 is 2.59 bits per heavy atom. The van der Waals surface area contributed by atoms with Crippen LogP contribution >= 0.6 is 11.6 Å². The zero-order valence-electron chi connectivity index (χ0n) is 13.8.